The second-order valence-corrected chi connectivity index (χ2v) is 6.79. The van der Waals surface area contributed by atoms with Gasteiger partial charge in [-0.3, -0.25) is 0 Å². The second-order valence-electron chi connectivity index (χ2n) is 4.93. The summed E-state index contributed by atoms with van der Waals surface area (Å²) in [5.41, 5.74) is 3.06. The van der Waals surface area contributed by atoms with E-state index in [9.17, 15) is 0 Å². The van der Waals surface area contributed by atoms with Crippen molar-refractivity contribution in [2.24, 2.45) is 0 Å². The highest BCUT2D eigenvalue weighted by Crippen LogP contribution is 2.25. The number of nitrogens with zero attached hydrogens (tertiary/aromatic N) is 2. The van der Waals surface area contributed by atoms with Gasteiger partial charge in [0.1, 0.15) is 0 Å². The molecule has 104 valence electrons. The van der Waals surface area contributed by atoms with Gasteiger partial charge in [-0.05, 0) is 39.4 Å². The third kappa shape index (κ3) is 3.63. The van der Waals surface area contributed by atoms with Gasteiger partial charge in [-0.15, -0.1) is 22.7 Å². The molecule has 3 nitrogen and oxygen atoms in total. The quantitative estimate of drug-likeness (QED) is 0.884. The van der Waals surface area contributed by atoms with Gasteiger partial charge >= 0.3 is 0 Å². The smallest absolute Gasteiger partial charge is 0.0798 e. The van der Waals surface area contributed by atoms with E-state index >= 15 is 0 Å². The molecule has 0 aliphatic rings. The van der Waals surface area contributed by atoms with Crippen LogP contribution in [-0.4, -0.2) is 30.5 Å². The van der Waals surface area contributed by atoms with Crippen LogP contribution >= 0.6 is 22.7 Å². The van der Waals surface area contributed by atoms with Crippen LogP contribution in [0.15, 0.2) is 23.0 Å². The van der Waals surface area contributed by atoms with Gasteiger partial charge in [0.15, 0.2) is 0 Å². The zero-order chi connectivity index (χ0) is 13.8. The molecular formula is C14H21N3S2. The summed E-state index contributed by atoms with van der Waals surface area (Å²) >= 11 is 3.55. The van der Waals surface area contributed by atoms with Crippen molar-refractivity contribution in [2.45, 2.75) is 25.9 Å². The van der Waals surface area contributed by atoms with Crippen LogP contribution in [0, 0.1) is 6.92 Å². The fraction of sp³-hybridized carbons (Fsp3) is 0.500. The highest BCUT2D eigenvalue weighted by molar-refractivity contribution is 7.10. The molecule has 0 fully saturated rings. The Morgan fingerprint density at radius 2 is 2.16 bits per heavy atom. The van der Waals surface area contributed by atoms with Gasteiger partial charge in [-0.2, -0.15) is 0 Å². The molecule has 2 rings (SSSR count). The molecule has 19 heavy (non-hydrogen) atoms. The number of thiazole rings is 1. The van der Waals surface area contributed by atoms with E-state index in [1.54, 1.807) is 11.3 Å². The summed E-state index contributed by atoms with van der Waals surface area (Å²) < 4.78 is 0. The molecule has 0 aromatic carbocycles. The molecule has 0 radical (unpaired) electrons. The molecule has 0 amide bonds. The van der Waals surface area contributed by atoms with E-state index in [0.29, 0.717) is 12.1 Å². The van der Waals surface area contributed by atoms with Crippen molar-refractivity contribution in [3.05, 3.63) is 38.5 Å². The Morgan fingerprint density at radius 3 is 2.68 bits per heavy atom. The first kappa shape index (κ1) is 14.7. The highest BCUT2D eigenvalue weighted by atomic mass is 32.1. The first-order chi connectivity index (χ1) is 9.09. The minimum atomic E-state index is 0.356. The Morgan fingerprint density at radius 1 is 1.37 bits per heavy atom. The van der Waals surface area contributed by atoms with E-state index in [-0.39, 0.29) is 0 Å². The molecule has 1 N–H and O–H groups in total. The number of hydrogen-bond acceptors (Lipinski definition) is 5. The fourth-order valence-electron chi connectivity index (χ4n) is 2.13. The van der Waals surface area contributed by atoms with E-state index in [4.69, 9.17) is 0 Å². The lowest BCUT2D eigenvalue weighted by Crippen LogP contribution is -2.31. The maximum absolute atomic E-state index is 4.32. The zero-order valence-corrected chi connectivity index (χ0v) is 13.5. The van der Waals surface area contributed by atoms with Crippen LogP contribution < -0.4 is 5.32 Å². The number of likely N-dealkylation sites (N-methyl/N-ethyl adjacent to an activating group) is 1. The van der Waals surface area contributed by atoms with Crippen molar-refractivity contribution in [3.63, 3.8) is 0 Å². The molecule has 2 unspecified atom stereocenters. The lowest BCUT2D eigenvalue weighted by atomic mass is 10.2. The fourth-order valence-corrected chi connectivity index (χ4v) is 3.88. The number of aryl methyl sites for hydroxylation is 1. The van der Waals surface area contributed by atoms with E-state index in [1.165, 1.54) is 9.75 Å². The SMILES string of the molecule is Cc1ncsc1C(C)NCC(c1cccs1)N(C)C. The molecule has 2 aromatic heterocycles. The van der Waals surface area contributed by atoms with Gasteiger partial charge in [0, 0.05) is 22.3 Å². The molecule has 2 heterocycles. The van der Waals surface area contributed by atoms with Crippen LogP contribution in [0.3, 0.4) is 0 Å². The van der Waals surface area contributed by atoms with Crippen LogP contribution in [-0.2, 0) is 0 Å². The summed E-state index contributed by atoms with van der Waals surface area (Å²) in [6.07, 6.45) is 0. The summed E-state index contributed by atoms with van der Waals surface area (Å²) in [5, 5.41) is 5.77. The topological polar surface area (TPSA) is 28.2 Å². The van der Waals surface area contributed by atoms with E-state index < -0.39 is 0 Å². The Kier molecular flexibility index (Phi) is 5.10. The van der Waals surface area contributed by atoms with Crippen LogP contribution in [0.4, 0.5) is 0 Å². The van der Waals surface area contributed by atoms with Gasteiger partial charge in [-0.25, -0.2) is 4.98 Å². The standard InChI is InChI=1S/C14H21N3S2/c1-10(14-11(2)16-9-19-14)15-8-12(17(3)4)13-6-5-7-18-13/h5-7,9-10,12,15H,8H2,1-4H3. The predicted octanol–water partition coefficient (Wildman–Crippen LogP) is 3.47. The predicted molar refractivity (Wildman–Crippen MR) is 84.0 cm³/mol. The molecule has 0 spiro atoms. The molecule has 2 atom stereocenters. The van der Waals surface area contributed by atoms with Gasteiger partial charge in [0.2, 0.25) is 0 Å². The summed E-state index contributed by atoms with van der Waals surface area (Å²) in [7, 11) is 4.27. The summed E-state index contributed by atoms with van der Waals surface area (Å²) in [5.74, 6) is 0. The van der Waals surface area contributed by atoms with Gasteiger partial charge < -0.3 is 10.2 Å². The van der Waals surface area contributed by atoms with Crippen LogP contribution in [0.25, 0.3) is 0 Å². The van der Waals surface area contributed by atoms with Crippen molar-refractivity contribution in [1.29, 1.82) is 0 Å². The van der Waals surface area contributed by atoms with Gasteiger partial charge in [0.25, 0.3) is 0 Å². The lowest BCUT2D eigenvalue weighted by Gasteiger charge is -2.25. The van der Waals surface area contributed by atoms with E-state index in [0.717, 1.165) is 12.2 Å². The normalized spacial score (nSPS) is 14.8. The number of aromatic nitrogens is 1. The van der Waals surface area contributed by atoms with Crippen molar-refractivity contribution in [1.82, 2.24) is 15.2 Å². The third-order valence-electron chi connectivity index (χ3n) is 3.29. The van der Waals surface area contributed by atoms with Crippen LogP contribution in [0.1, 0.15) is 34.5 Å². The molecule has 0 saturated heterocycles. The third-order valence-corrected chi connectivity index (χ3v) is 5.38. The number of thiophene rings is 1. The molecule has 0 aliphatic heterocycles. The lowest BCUT2D eigenvalue weighted by molar-refractivity contribution is 0.286. The summed E-state index contributed by atoms with van der Waals surface area (Å²) in [6.45, 7) is 5.24. The van der Waals surface area contributed by atoms with Gasteiger partial charge in [-0.1, -0.05) is 6.07 Å². The molecule has 5 heteroatoms. The summed E-state index contributed by atoms with van der Waals surface area (Å²) in [6, 6.07) is 5.11. The van der Waals surface area contributed by atoms with E-state index in [1.807, 2.05) is 16.8 Å². The average Bonchev–Trinajstić information content (AvgIpc) is 3.00. The molecular weight excluding hydrogens is 274 g/mol. The maximum Gasteiger partial charge on any atom is 0.0798 e. The van der Waals surface area contributed by atoms with Crippen molar-refractivity contribution in [2.75, 3.05) is 20.6 Å². The van der Waals surface area contributed by atoms with Crippen molar-refractivity contribution < 1.29 is 0 Å². The highest BCUT2D eigenvalue weighted by Gasteiger charge is 2.17. The Hall–Kier alpha value is -0.750. The number of rotatable bonds is 6. The van der Waals surface area contributed by atoms with Crippen molar-refractivity contribution >= 4 is 22.7 Å². The molecule has 0 bridgehead atoms. The van der Waals surface area contributed by atoms with Crippen molar-refractivity contribution in [3.8, 4) is 0 Å². The van der Waals surface area contributed by atoms with E-state index in [2.05, 4.69) is 60.7 Å². The largest absolute Gasteiger partial charge is 0.307 e. The van der Waals surface area contributed by atoms with Crippen LogP contribution in [0.2, 0.25) is 0 Å². The summed E-state index contributed by atoms with van der Waals surface area (Å²) in [4.78, 5) is 9.33. The number of nitrogens with one attached hydrogen (secondary N) is 1. The Labute approximate surface area is 123 Å². The second kappa shape index (κ2) is 6.61. The average molecular weight is 295 g/mol. The molecule has 0 aliphatic carbocycles. The Bertz CT molecular complexity index is 491. The van der Waals surface area contributed by atoms with Crippen LogP contribution in [0.5, 0.6) is 0 Å². The van der Waals surface area contributed by atoms with Gasteiger partial charge in [0.05, 0.1) is 17.2 Å². The number of hydrogen-bond donors (Lipinski definition) is 1. The maximum atomic E-state index is 4.32. The molecule has 0 saturated carbocycles. The zero-order valence-electron chi connectivity index (χ0n) is 11.9. The minimum Gasteiger partial charge on any atom is -0.307 e. The Balaban J connectivity index is 1.98. The monoisotopic (exact) mass is 295 g/mol. The first-order valence-corrected chi connectivity index (χ1v) is 8.18. The molecule has 2 aromatic rings. The minimum absolute atomic E-state index is 0.356. The first-order valence-electron chi connectivity index (χ1n) is 6.42.